The van der Waals surface area contributed by atoms with Crippen LogP contribution in [0.4, 0.5) is 0 Å². The number of rotatable bonds is 9. The summed E-state index contributed by atoms with van der Waals surface area (Å²) in [5, 5.41) is 12.2. The molecule has 0 aliphatic heterocycles. The van der Waals surface area contributed by atoms with E-state index in [4.69, 9.17) is 4.74 Å². The topological polar surface area (TPSA) is 75.6 Å². The molecule has 0 spiro atoms. The highest BCUT2D eigenvalue weighted by Gasteiger charge is 2.24. The Labute approximate surface area is 160 Å². The highest BCUT2D eigenvalue weighted by atomic mass is 16.5. The van der Waals surface area contributed by atoms with Gasteiger partial charge < -0.3 is 15.2 Å². The van der Waals surface area contributed by atoms with E-state index in [-0.39, 0.29) is 24.3 Å². The lowest BCUT2D eigenvalue weighted by Gasteiger charge is -2.22. The van der Waals surface area contributed by atoms with Crippen molar-refractivity contribution in [3.8, 4) is 5.75 Å². The predicted molar refractivity (Wildman–Crippen MR) is 105 cm³/mol. The fraction of sp³-hybridized carbons (Fsp3) is 0.364. The summed E-state index contributed by atoms with van der Waals surface area (Å²) in [5.74, 6) is -0.732. The maximum absolute atomic E-state index is 12.8. The van der Waals surface area contributed by atoms with Crippen molar-refractivity contribution in [1.82, 2.24) is 5.32 Å². The van der Waals surface area contributed by atoms with Gasteiger partial charge in [-0.1, -0.05) is 49.4 Å². The van der Waals surface area contributed by atoms with Crippen LogP contribution in [0.5, 0.6) is 5.75 Å². The smallest absolute Gasteiger partial charge is 0.305 e. The lowest BCUT2D eigenvalue weighted by Crippen LogP contribution is -2.34. The SMILES string of the molecule is CC[C@H](C(=O)N[C@@H](CC(=O)O)c1ccc(OC(C)C)cc1)c1ccccc1. The number of aliphatic carboxylic acids is 1. The van der Waals surface area contributed by atoms with Gasteiger partial charge in [-0.2, -0.15) is 0 Å². The second-order valence-corrected chi connectivity index (χ2v) is 6.77. The Bertz CT molecular complexity index is 741. The maximum atomic E-state index is 12.8. The molecule has 0 saturated carbocycles. The molecule has 0 heterocycles. The molecule has 2 rings (SSSR count). The number of nitrogens with one attached hydrogen (secondary N) is 1. The monoisotopic (exact) mass is 369 g/mol. The van der Waals surface area contributed by atoms with Gasteiger partial charge in [0.05, 0.1) is 24.5 Å². The summed E-state index contributed by atoms with van der Waals surface area (Å²) in [7, 11) is 0. The predicted octanol–water partition coefficient (Wildman–Crippen LogP) is 4.30. The van der Waals surface area contributed by atoms with E-state index in [1.165, 1.54) is 0 Å². The molecule has 144 valence electrons. The zero-order valence-electron chi connectivity index (χ0n) is 16.0. The Morgan fingerprint density at radius 1 is 1.00 bits per heavy atom. The zero-order valence-corrected chi connectivity index (χ0v) is 16.0. The highest BCUT2D eigenvalue weighted by Crippen LogP contribution is 2.25. The quantitative estimate of drug-likeness (QED) is 0.691. The minimum atomic E-state index is -0.962. The minimum Gasteiger partial charge on any atom is -0.491 e. The molecule has 0 aromatic heterocycles. The maximum Gasteiger partial charge on any atom is 0.305 e. The van der Waals surface area contributed by atoms with Crippen molar-refractivity contribution < 1.29 is 19.4 Å². The lowest BCUT2D eigenvalue weighted by molar-refractivity contribution is -0.137. The van der Waals surface area contributed by atoms with Gasteiger partial charge in [-0.3, -0.25) is 9.59 Å². The summed E-state index contributed by atoms with van der Waals surface area (Å²) < 4.78 is 5.62. The average Bonchev–Trinajstić information content (AvgIpc) is 2.62. The van der Waals surface area contributed by atoms with Crippen molar-refractivity contribution in [2.75, 3.05) is 0 Å². The van der Waals surface area contributed by atoms with Crippen LogP contribution < -0.4 is 10.1 Å². The molecule has 5 nitrogen and oxygen atoms in total. The molecule has 0 aliphatic carbocycles. The van der Waals surface area contributed by atoms with Crippen LogP contribution >= 0.6 is 0 Å². The summed E-state index contributed by atoms with van der Waals surface area (Å²) in [6.45, 7) is 5.83. The molecular weight excluding hydrogens is 342 g/mol. The van der Waals surface area contributed by atoms with Crippen LogP contribution in [0, 0.1) is 0 Å². The Morgan fingerprint density at radius 3 is 2.15 bits per heavy atom. The molecular formula is C22H27NO4. The third-order valence-corrected chi connectivity index (χ3v) is 4.28. The standard InChI is InChI=1S/C22H27NO4/c1-4-19(16-8-6-5-7-9-16)22(26)23-20(14-21(24)25)17-10-12-18(13-11-17)27-15(2)3/h5-13,15,19-20H,4,14H2,1-3H3,(H,23,26)(H,24,25)/t19-,20-/m0/s1. The largest absolute Gasteiger partial charge is 0.491 e. The van der Waals surface area contributed by atoms with E-state index in [1.807, 2.05) is 51.1 Å². The van der Waals surface area contributed by atoms with Crippen molar-refractivity contribution in [2.45, 2.75) is 51.7 Å². The van der Waals surface area contributed by atoms with Crippen molar-refractivity contribution in [1.29, 1.82) is 0 Å². The van der Waals surface area contributed by atoms with Crippen LogP contribution in [0.1, 0.15) is 56.7 Å². The van der Waals surface area contributed by atoms with Crippen LogP contribution in [-0.4, -0.2) is 23.1 Å². The van der Waals surface area contributed by atoms with Gasteiger partial charge in [-0.05, 0) is 43.5 Å². The Balaban J connectivity index is 2.18. The van der Waals surface area contributed by atoms with E-state index in [1.54, 1.807) is 24.3 Å². The third-order valence-electron chi connectivity index (χ3n) is 4.28. The fourth-order valence-electron chi connectivity index (χ4n) is 3.01. The van der Waals surface area contributed by atoms with Crippen molar-refractivity contribution >= 4 is 11.9 Å². The first kappa shape index (κ1) is 20.5. The van der Waals surface area contributed by atoms with Gasteiger partial charge in [-0.15, -0.1) is 0 Å². The number of benzene rings is 2. The van der Waals surface area contributed by atoms with E-state index in [9.17, 15) is 14.7 Å². The highest BCUT2D eigenvalue weighted by molar-refractivity contribution is 5.84. The first-order chi connectivity index (χ1) is 12.9. The number of carboxylic acid groups (broad SMARTS) is 1. The molecule has 2 N–H and O–H groups in total. The van der Waals surface area contributed by atoms with Gasteiger partial charge in [0.2, 0.25) is 5.91 Å². The van der Waals surface area contributed by atoms with Crippen molar-refractivity contribution in [3.05, 3.63) is 65.7 Å². The van der Waals surface area contributed by atoms with Gasteiger partial charge in [-0.25, -0.2) is 0 Å². The third kappa shape index (κ3) is 6.13. The summed E-state index contributed by atoms with van der Waals surface area (Å²) in [5.41, 5.74) is 1.66. The van der Waals surface area contributed by atoms with Crippen molar-refractivity contribution in [2.24, 2.45) is 0 Å². The van der Waals surface area contributed by atoms with E-state index < -0.39 is 12.0 Å². The van der Waals surface area contributed by atoms with E-state index in [0.29, 0.717) is 12.2 Å². The molecule has 2 atom stereocenters. The van der Waals surface area contributed by atoms with E-state index >= 15 is 0 Å². The second-order valence-electron chi connectivity index (χ2n) is 6.77. The summed E-state index contributed by atoms with van der Waals surface area (Å²) in [6, 6.07) is 16.1. The minimum absolute atomic E-state index is 0.0570. The van der Waals surface area contributed by atoms with Crippen molar-refractivity contribution in [3.63, 3.8) is 0 Å². The number of ether oxygens (including phenoxy) is 1. The first-order valence-corrected chi connectivity index (χ1v) is 9.24. The number of amides is 1. The Kier molecular flexibility index (Phi) is 7.41. The molecule has 2 aromatic rings. The molecule has 0 unspecified atom stereocenters. The van der Waals surface area contributed by atoms with Gasteiger partial charge in [0.1, 0.15) is 5.75 Å². The zero-order chi connectivity index (χ0) is 19.8. The Hall–Kier alpha value is -2.82. The fourth-order valence-corrected chi connectivity index (χ4v) is 3.01. The summed E-state index contributed by atoms with van der Waals surface area (Å²) in [4.78, 5) is 24.1. The lowest BCUT2D eigenvalue weighted by atomic mass is 9.94. The van der Waals surface area contributed by atoms with E-state index in [2.05, 4.69) is 5.32 Å². The van der Waals surface area contributed by atoms with Crippen LogP contribution in [0.3, 0.4) is 0 Å². The number of hydrogen-bond acceptors (Lipinski definition) is 3. The number of hydrogen-bond donors (Lipinski definition) is 2. The second kappa shape index (κ2) is 9.76. The van der Waals surface area contributed by atoms with Crippen LogP contribution in [0.2, 0.25) is 0 Å². The normalized spacial score (nSPS) is 13.0. The summed E-state index contributed by atoms with van der Waals surface area (Å²) >= 11 is 0. The van der Waals surface area contributed by atoms with Crippen LogP contribution in [0.25, 0.3) is 0 Å². The van der Waals surface area contributed by atoms with Gasteiger partial charge in [0, 0.05) is 0 Å². The molecule has 2 aromatic carbocycles. The average molecular weight is 369 g/mol. The number of carboxylic acids is 1. The van der Waals surface area contributed by atoms with Crippen LogP contribution in [0.15, 0.2) is 54.6 Å². The molecule has 0 bridgehead atoms. The summed E-state index contributed by atoms with van der Waals surface area (Å²) in [6.07, 6.45) is 0.513. The number of carbonyl (C=O) groups excluding carboxylic acids is 1. The van der Waals surface area contributed by atoms with Gasteiger partial charge in [0.15, 0.2) is 0 Å². The molecule has 0 fully saturated rings. The van der Waals surface area contributed by atoms with Gasteiger partial charge >= 0.3 is 5.97 Å². The molecule has 27 heavy (non-hydrogen) atoms. The molecule has 0 aliphatic rings. The van der Waals surface area contributed by atoms with E-state index in [0.717, 1.165) is 11.1 Å². The molecule has 1 amide bonds. The molecule has 5 heteroatoms. The first-order valence-electron chi connectivity index (χ1n) is 9.24. The molecule has 0 radical (unpaired) electrons. The number of carbonyl (C=O) groups is 2. The molecule has 0 saturated heterocycles. The Morgan fingerprint density at radius 2 is 1.63 bits per heavy atom. The van der Waals surface area contributed by atoms with Crippen LogP contribution in [-0.2, 0) is 9.59 Å². The van der Waals surface area contributed by atoms with Gasteiger partial charge in [0.25, 0.3) is 0 Å².